The minimum Gasteiger partial charge on any atom is -0.508 e. The number of phenols is 1. The predicted molar refractivity (Wildman–Crippen MR) is 55.5 cm³/mol. The van der Waals surface area contributed by atoms with Crippen LogP contribution in [0.4, 0.5) is 5.69 Å². The van der Waals surface area contributed by atoms with E-state index in [1.807, 2.05) is 12.1 Å². The van der Waals surface area contributed by atoms with Crippen molar-refractivity contribution in [1.82, 2.24) is 0 Å². The number of nitrogens with one attached hydrogen (secondary N) is 1. The second kappa shape index (κ2) is 3.50. The summed E-state index contributed by atoms with van der Waals surface area (Å²) in [5.74, 6) is 0.296. The molecule has 1 aliphatic rings. The molecule has 76 valence electrons. The maximum absolute atomic E-state index is 9.25. The van der Waals surface area contributed by atoms with Gasteiger partial charge in [-0.3, -0.25) is 0 Å². The van der Waals surface area contributed by atoms with Gasteiger partial charge in [0.15, 0.2) is 0 Å². The Morgan fingerprint density at radius 2 is 2.29 bits per heavy atom. The van der Waals surface area contributed by atoms with E-state index in [0.29, 0.717) is 5.75 Å². The molecule has 3 heteroatoms. The minimum absolute atomic E-state index is 0.255. The lowest BCUT2D eigenvalue weighted by atomic mass is 9.89. The van der Waals surface area contributed by atoms with Crippen LogP contribution in [0.3, 0.4) is 0 Å². The van der Waals surface area contributed by atoms with E-state index < -0.39 is 0 Å². The lowest BCUT2D eigenvalue weighted by molar-refractivity contribution is -0.0924. The Morgan fingerprint density at radius 1 is 1.50 bits per heavy atom. The van der Waals surface area contributed by atoms with E-state index in [-0.39, 0.29) is 5.41 Å². The SMILES string of the molecule is CC1(CNc2cccc(O)c2)COC1. The molecule has 1 fully saturated rings. The van der Waals surface area contributed by atoms with Crippen molar-refractivity contribution in [1.29, 1.82) is 0 Å². The summed E-state index contributed by atoms with van der Waals surface area (Å²) < 4.78 is 5.16. The first-order valence-electron chi connectivity index (χ1n) is 4.79. The van der Waals surface area contributed by atoms with Crippen LogP contribution in [0.5, 0.6) is 5.75 Å². The molecule has 0 radical (unpaired) electrons. The Bertz CT molecular complexity index is 321. The molecule has 0 amide bonds. The number of phenolic OH excluding ortho intramolecular Hbond substituents is 1. The van der Waals surface area contributed by atoms with Crippen LogP contribution in [0.1, 0.15) is 6.92 Å². The third-order valence-electron chi connectivity index (χ3n) is 2.47. The van der Waals surface area contributed by atoms with Gasteiger partial charge >= 0.3 is 0 Å². The van der Waals surface area contributed by atoms with Gasteiger partial charge in [-0.2, -0.15) is 0 Å². The first-order valence-corrected chi connectivity index (χ1v) is 4.79. The molecule has 1 aliphatic heterocycles. The Morgan fingerprint density at radius 3 is 2.86 bits per heavy atom. The van der Waals surface area contributed by atoms with Gasteiger partial charge in [-0.15, -0.1) is 0 Å². The number of hydrogen-bond acceptors (Lipinski definition) is 3. The monoisotopic (exact) mass is 193 g/mol. The predicted octanol–water partition coefficient (Wildman–Crippen LogP) is 1.84. The molecule has 0 unspecified atom stereocenters. The summed E-state index contributed by atoms with van der Waals surface area (Å²) in [7, 11) is 0. The van der Waals surface area contributed by atoms with Gasteiger partial charge in [0.25, 0.3) is 0 Å². The van der Waals surface area contributed by atoms with Crippen LogP contribution < -0.4 is 5.32 Å². The molecule has 1 aromatic carbocycles. The summed E-state index contributed by atoms with van der Waals surface area (Å²) in [6.45, 7) is 4.71. The molecule has 0 atom stereocenters. The standard InChI is InChI=1S/C11H15NO2/c1-11(7-14-8-11)6-12-9-3-2-4-10(13)5-9/h2-5,12-13H,6-8H2,1H3. The van der Waals surface area contributed by atoms with Crippen LogP contribution in [0, 0.1) is 5.41 Å². The highest BCUT2D eigenvalue weighted by atomic mass is 16.5. The average molecular weight is 193 g/mol. The van der Waals surface area contributed by atoms with Crippen molar-refractivity contribution in [3.63, 3.8) is 0 Å². The van der Waals surface area contributed by atoms with Crippen LogP contribution in [0.25, 0.3) is 0 Å². The zero-order valence-corrected chi connectivity index (χ0v) is 8.29. The van der Waals surface area contributed by atoms with Crippen molar-refractivity contribution in [2.75, 3.05) is 25.1 Å². The fourth-order valence-corrected chi connectivity index (χ4v) is 1.48. The molecule has 0 spiro atoms. The Hall–Kier alpha value is -1.22. The van der Waals surface area contributed by atoms with Crippen LogP contribution in [-0.4, -0.2) is 24.9 Å². The summed E-state index contributed by atoms with van der Waals surface area (Å²) in [6.07, 6.45) is 0. The third-order valence-corrected chi connectivity index (χ3v) is 2.47. The van der Waals surface area contributed by atoms with Crippen LogP contribution >= 0.6 is 0 Å². The fourth-order valence-electron chi connectivity index (χ4n) is 1.48. The summed E-state index contributed by atoms with van der Waals surface area (Å²) in [5.41, 5.74) is 1.21. The fraction of sp³-hybridized carbons (Fsp3) is 0.455. The second-order valence-electron chi connectivity index (χ2n) is 4.21. The molecule has 1 aromatic rings. The summed E-state index contributed by atoms with van der Waals surface area (Å²) in [5, 5.41) is 12.5. The van der Waals surface area contributed by atoms with Crippen LogP contribution in [0.2, 0.25) is 0 Å². The van der Waals surface area contributed by atoms with Crippen molar-refractivity contribution in [2.45, 2.75) is 6.92 Å². The maximum atomic E-state index is 9.25. The first-order chi connectivity index (χ1) is 6.68. The van der Waals surface area contributed by atoms with Crippen molar-refractivity contribution in [3.05, 3.63) is 24.3 Å². The van der Waals surface area contributed by atoms with E-state index in [2.05, 4.69) is 12.2 Å². The van der Waals surface area contributed by atoms with E-state index in [9.17, 15) is 5.11 Å². The van der Waals surface area contributed by atoms with E-state index in [0.717, 1.165) is 25.4 Å². The van der Waals surface area contributed by atoms with E-state index in [1.165, 1.54) is 0 Å². The molecule has 0 aliphatic carbocycles. The lowest BCUT2D eigenvalue weighted by Gasteiger charge is -2.38. The van der Waals surface area contributed by atoms with Gasteiger partial charge < -0.3 is 15.2 Å². The Labute approximate surface area is 83.7 Å². The number of aromatic hydroxyl groups is 1. The number of ether oxygens (including phenoxy) is 1. The molecule has 1 heterocycles. The second-order valence-corrected chi connectivity index (χ2v) is 4.21. The summed E-state index contributed by atoms with van der Waals surface area (Å²) in [4.78, 5) is 0. The normalized spacial score (nSPS) is 18.6. The van der Waals surface area contributed by atoms with Crippen LogP contribution in [-0.2, 0) is 4.74 Å². The van der Waals surface area contributed by atoms with Gasteiger partial charge in [0, 0.05) is 23.7 Å². The first kappa shape index (κ1) is 9.34. The summed E-state index contributed by atoms with van der Waals surface area (Å²) in [6, 6.07) is 7.17. The summed E-state index contributed by atoms with van der Waals surface area (Å²) >= 11 is 0. The molecular weight excluding hydrogens is 178 g/mol. The third kappa shape index (κ3) is 1.99. The Kier molecular flexibility index (Phi) is 2.33. The van der Waals surface area contributed by atoms with Crippen molar-refractivity contribution in [3.8, 4) is 5.75 Å². The topological polar surface area (TPSA) is 41.5 Å². The molecular formula is C11H15NO2. The van der Waals surface area contributed by atoms with E-state index in [4.69, 9.17) is 4.74 Å². The van der Waals surface area contributed by atoms with Crippen molar-refractivity contribution >= 4 is 5.69 Å². The zero-order valence-electron chi connectivity index (χ0n) is 8.29. The molecule has 0 bridgehead atoms. The van der Waals surface area contributed by atoms with E-state index >= 15 is 0 Å². The zero-order chi connectivity index (χ0) is 10.0. The highest BCUT2D eigenvalue weighted by Gasteiger charge is 2.32. The Balaban J connectivity index is 1.91. The van der Waals surface area contributed by atoms with Crippen LogP contribution in [0.15, 0.2) is 24.3 Å². The molecule has 0 saturated carbocycles. The smallest absolute Gasteiger partial charge is 0.117 e. The molecule has 14 heavy (non-hydrogen) atoms. The van der Waals surface area contributed by atoms with Gasteiger partial charge in [-0.25, -0.2) is 0 Å². The van der Waals surface area contributed by atoms with E-state index in [1.54, 1.807) is 12.1 Å². The number of benzene rings is 1. The van der Waals surface area contributed by atoms with Gasteiger partial charge in [-0.1, -0.05) is 13.0 Å². The molecule has 2 rings (SSSR count). The molecule has 0 aromatic heterocycles. The lowest BCUT2D eigenvalue weighted by Crippen LogP contribution is -2.45. The number of hydrogen-bond donors (Lipinski definition) is 2. The van der Waals surface area contributed by atoms with Gasteiger partial charge in [0.05, 0.1) is 13.2 Å². The molecule has 2 N–H and O–H groups in total. The quantitative estimate of drug-likeness (QED) is 0.769. The highest BCUT2D eigenvalue weighted by molar-refractivity contribution is 5.47. The number of anilines is 1. The number of rotatable bonds is 3. The van der Waals surface area contributed by atoms with Crippen molar-refractivity contribution < 1.29 is 9.84 Å². The minimum atomic E-state index is 0.255. The van der Waals surface area contributed by atoms with Crippen molar-refractivity contribution in [2.24, 2.45) is 5.41 Å². The average Bonchev–Trinajstić information content (AvgIpc) is 2.12. The molecule has 1 saturated heterocycles. The maximum Gasteiger partial charge on any atom is 0.117 e. The largest absolute Gasteiger partial charge is 0.508 e. The highest BCUT2D eigenvalue weighted by Crippen LogP contribution is 2.27. The van der Waals surface area contributed by atoms with Gasteiger partial charge in [0.1, 0.15) is 5.75 Å². The molecule has 3 nitrogen and oxygen atoms in total. The van der Waals surface area contributed by atoms with Gasteiger partial charge in [-0.05, 0) is 12.1 Å². The van der Waals surface area contributed by atoms with Gasteiger partial charge in [0.2, 0.25) is 0 Å².